The van der Waals surface area contributed by atoms with Crippen LogP contribution in [-0.4, -0.2) is 22.3 Å². The molecular formula is C23H23BrN2O2S. The first kappa shape index (κ1) is 21.3. The van der Waals surface area contributed by atoms with Crippen LogP contribution in [0.25, 0.3) is 0 Å². The predicted octanol–water partition coefficient (Wildman–Crippen LogP) is 5.93. The van der Waals surface area contributed by atoms with Crippen LogP contribution in [-0.2, 0) is 13.2 Å². The molecule has 0 aliphatic carbocycles. The summed E-state index contributed by atoms with van der Waals surface area (Å²) in [5.41, 5.74) is 3.82. The van der Waals surface area contributed by atoms with E-state index < -0.39 is 0 Å². The van der Waals surface area contributed by atoms with Crippen LogP contribution in [0.2, 0.25) is 0 Å². The Labute approximate surface area is 184 Å². The highest BCUT2D eigenvalue weighted by Gasteiger charge is 2.17. The van der Waals surface area contributed by atoms with Gasteiger partial charge in [-0.15, -0.1) is 17.9 Å². The zero-order valence-corrected chi connectivity index (χ0v) is 18.9. The molecule has 1 heterocycles. The number of amides is 1. The minimum atomic E-state index is -0.0487. The second-order valence-corrected chi connectivity index (χ2v) is 8.56. The average molecular weight is 471 g/mol. The van der Waals surface area contributed by atoms with E-state index in [1.54, 1.807) is 22.3 Å². The van der Waals surface area contributed by atoms with Crippen LogP contribution in [0, 0.1) is 13.8 Å². The van der Waals surface area contributed by atoms with Crippen molar-refractivity contribution in [3.63, 3.8) is 0 Å². The Hall–Kier alpha value is -2.44. The number of thiazole rings is 1. The minimum Gasteiger partial charge on any atom is -0.486 e. The SMILES string of the molecule is C=CCN(Cc1csc(COc2cccc(C)c2C)n1)C(=O)c1cccc(Br)c1. The quantitative estimate of drug-likeness (QED) is 0.383. The lowest BCUT2D eigenvalue weighted by Crippen LogP contribution is -2.30. The molecule has 2 aromatic carbocycles. The van der Waals surface area contributed by atoms with Crippen molar-refractivity contribution in [1.82, 2.24) is 9.88 Å². The predicted molar refractivity (Wildman–Crippen MR) is 121 cm³/mol. The van der Waals surface area contributed by atoms with Crippen LogP contribution in [0.1, 0.15) is 32.2 Å². The van der Waals surface area contributed by atoms with Crippen LogP contribution in [0.5, 0.6) is 5.75 Å². The highest BCUT2D eigenvalue weighted by Crippen LogP contribution is 2.23. The number of ether oxygens (including phenoxy) is 1. The minimum absolute atomic E-state index is 0.0487. The fourth-order valence-corrected chi connectivity index (χ4v) is 3.98. The lowest BCUT2D eigenvalue weighted by atomic mass is 10.1. The number of carbonyl (C=O) groups excluding carboxylic acids is 1. The van der Waals surface area contributed by atoms with Crippen LogP contribution in [0.4, 0.5) is 0 Å². The topological polar surface area (TPSA) is 42.4 Å². The number of hydrogen-bond donors (Lipinski definition) is 0. The van der Waals surface area contributed by atoms with Crippen molar-refractivity contribution in [3.8, 4) is 5.75 Å². The number of carbonyl (C=O) groups is 1. The fourth-order valence-electron chi connectivity index (χ4n) is 2.88. The number of benzene rings is 2. The van der Waals surface area contributed by atoms with E-state index in [1.165, 1.54) is 5.56 Å². The van der Waals surface area contributed by atoms with Gasteiger partial charge >= 0.3 is 0 Å². The maximum absolute atomic E-state index is 12.9. The van der Waals surface area contributed by atoms with Crippen molar-refractivity contribution in [2.24, 2.45) is 0 Å². The summed E-state index contributed by atoms with van der Waals surface area (Å²) in [7, 11) is 0. The van der Waals surface area contributed by atoms with Crippen molar-refractivity contribution < 1.29 is 9.53 Å². The summed E-state index contributed by atoms with van der Waals surface area (Å²) in [4.78, 5) is 19.3. The van der Waals surface area contributed by atoms with Gasteiger partial charge in [0.05, 0.1) is 12.2 Å². The zero-order chi connectivity index (χ0) is 20.8. The Morgan fingerprint density at radius 1 is 1.28 bits per heavy atom. The highest BCUT2D eigenvalue weighted by atomic mass is 79.9. The highest BCUT2D eigenvalue weighted by molar-refractivity contribution is 9.10. The first-order chi connectivity index (χ1) is 14.0. The largest absolute Gasteiger partial charge is 0.486 e. The maximum atomic E-state index is 12.9. The molecule has 29 heavy (non-hydrogen) atoms. The summed E-state index contributed by atoms with van der Waals surface area (Å²) in [6, 6.07) is 13.4. The van der Waals surface area contributed by atoms with Crippen molar-refractivity contribution in [3.05, 3.63) is 92.4 Å². The summed E-state index contributed by atoms with van der Waals surface area (Å²) < 4.78 is 6.82. The number of rotatable bonds is 8. The molecule has 4 nitrogen and oxygen atoms in total. The third-order valence-electron chi connectivity index (χ3n) is 4.57. The molecule has 0 saturated carbocycles. The molecular weight excluding hydrogens is 448 g/mol. The molecule has 0 aliphatic heterocycles. The Bertz CT molecular complexity index is 1020. The lowest BCUT2D eigenvalue weighted by Gasteiger charge is -2.20. The van der Waals surface area contributed by atoms with Crippen LogP contribution in [0.15, 0.2) is 65.0 Å². The molecule has 0 fully saturated rings. The molecule has 3 aromatic rings. The van der Waals surface area contributed by atoms with Crippen molar-refractivity contribution in [1.29, 1.82) is 0 Å². The van der Waals surface area contributed by atoms with Gasteiger partial charge < -0.3 is 9.64 Å². The first-order valence-electron chi connectivity index (χ1n) is 9.26. The second-order valence-electron chi connectivity index (χ2n) is 6.70. The standard InChI is InChI=1S/C23H23BrN2O2S/c1-4-11-26(23(27)18-8-6-9-19(24)12-18)13-20-15-29-22(25-20)14-28-21-10-5-7-16(2)17(21)3/h4-10,12,15H,1,11,13-14H2,2-3H3. The van der Waals surface area contributed by atoms with Crippen LogP contribution >= 0.6 is 27.3 Å². The summed E-state index contributed by atoms with van der Waals surface area (Å²) in [5.74, 6) is 0.826. The molecule has 0 radical (unpaired) electrons. The Kier molecular flexibility index (Phi) is 7.23. The average Bonchev–Trinajstić information content (AvgIpc) is 3.15. The molecule has 0 atom stereocenters. The van der Waals surface area contributed by atoms with Gasteiger partial charge in [0.15, 0.2) is 0 Å². The fraction of sp³-hybridized carbons (Fsp3) is 0.217. The van der Waals surface area contributed by atoms with Crippen LogP contribution in [0.3, 0.4) is 0 Å². The van der Waals surface area contributed by atoms with E-state index in [0.717, 1.165) is 26.5 Å². The van der Waals surface area contributed by atoms with Crippen molar-refractivity contribution in [2.75, 3.05) is 6.54 Å². The molecule has 0 N–H and O–H groups in total. The molecule has 6 heteroatoms. The molecule has 150 valence electrons. The zero-order valence-electron chi connectivity index (χ0n) is 16.5. The number of aromatic nitrogens is 1. The molecule has 0 unspecified atom stereocenters. The Morgan fingerprint density at radius 2 is 2.07 bits per heavy atom. The number of aryl methyl sites for hydroxylation is 1. The van der Waals surface area contributed by atoms with Gasteiger partial charge in [-0.25, -0.2) is 4.98 Å². The summed E-state index contributed by atoms with van der Waals surface area (Å²) in [6.45, 7) is 9.20. The van der Waals surface area contributed by atoms with Gasteiger partial charge in [-0.1, -0.05) is 40.2 Å². The number of nitrogens with zero attached hydrogens (tertiary/aromatic N) is 2. The maximum Gasteiger partial charge on any atom is 0.254 e. The second kappa shape index (κ2) is 9.85. The molecule has 1 amide bonds. The van der Waals surface area contributed by atoms with E-state index in [9.17, 15) is 4.79 Å². The van der Waals surface area contributed by atoms with E-state index in [4.69, 9.17) is 4.74 Å². The Balaban J connectivity index is 1.67. The van der Waals surface area contributed by atoms with Gasteiger partial charge in [-0.05, 0) is 49.2 Å². The van der Waals surface area contributed by atoms with Gasteiger partial charge in [0.1, 0.15) is 17.4 Å². The first-order valence-corrected chi connectivity index (χ1v) is 10.9. The molecule has 3 rings (SSSR count). The summed E-state index contributed by atoms with van der Waals surface area (Å²) >= 11 is 4.96. The molecule has 0 aliphatic rings. The monoisotopic (exact) mass is 470 g/mol. The van der Waals surface area contributed by atoms with E-state index >= 15 is 0 Å². The third-order valence-corrected chi connectivity index (χ3v) is 5.93. The van der Waals surface area contributed by atoms with Gasteiger partial charge in [-0.3, -0.25) is 4.79 Å². The third kappa shape index (κ3) is 5.55. The Morgan fingerprint density at radius 3 is 2.83 bits per heavy atom. The van der Waals surface area contributed by atoms with E-state index in [2.05, 4.69) is 47.4 Å². The summed E-state index contributed by atoms with van der Waals surface area (Å²) in [5, 5.41) is 2.86. The van der Waals surface area contributed by atoms with Gasteiger partial charge in [-0.2, -0.15) is 0 Å². The van der Waals surface area contributed by atoms with Crippen molar-refractivity contribution >= 4 is 33.2 Å². The number of halogens is 1. The van der Waals surface area contributed by atoms with E-state index in [-0.39, 0.29) is 5.91 Å². The molecule has 1 aromatic heterocycles. The number of hydrogen-bond acceptors (Lipinski definition) is 4. The summed E-state index contributed by atoms with van der Waals surface area (Å²) in [6.07, 6.45) is 1.73. The normalized spacial score (nSPS) is 10.6. The van der Waals surface area contributed by atoms with Gasteiger partial charge in [0.2, 0.25) is 0 Å². The van der Waals surface area contributed by atoms with Crippen molar-refractivity contribution in [2.45, 2.75) is 27.0 Å². The molecule has 0 saturated heterocycles. The molecule has 0 spiro atoms. The van der Waals surface area contributed by atoms with Gasteiger partial charge in [0, 0.05) is 22.0 Å². The van der Waals surface area contributed by atoms with Crippen LogP contribution < -0.4 is 4.74 Å². The lowest BCUT2D eigenvalue weighted by molar-refractivity contribution is 0.0761. The molecule has 0 bridgehead atoms. The van der Waals surface area contributed by atoms with Gasteiger partial charge in [0.25, 0.3) is 5.91 Å². The van der Waals surface area contributed by atoms with E-state index in [1.807, 2.05) is 41.8 Å². The van der Waals surface area contributed by atoms with E-state index in [0.29, 0.717) is 25.3 Å². The smallest absolute Gasteiger partial charge is 0.254 e.